The van der Waals surface area contributed by atoms with E-state index >= 15 is 0 Å². The first-order valence-electron chi connectivity index (χ1n) is 7.45. The van der Waals surface area contributed by atoms with E-state index < -0.39 is 5.97 Å². The lowest BCUT2D eigenvalue weighted by atomic mass is 9.84. The Hall–Kier alpha value is -1.58. The summed E-state index contributed by atoms with van der Waals surface area (Å²) in [4.78, 5) is 17.6. The number of carbonyl (C=O) groups is 1. The largest absolute Gasteiger partial charge is 0.478 e. The van der Waals surface area contributed by atoms with Crippen LogP contribution in [0.5, 0.6) is 0 Å². The van der Waals surface area contributed by atoms with Gasteiger partial charge in [-0.05, 0) is 44.6 Å². The molecule has 1 aliphatic carbocycles. The van der Waals surface area contributed by atoms with Gasteiger partial charge in [0.05, 0.1) is 5.69 Å². The van der Waals surface area contributed by atoms with Crippen molar-refractivity contribution in [2.45, 2.75) is 52.0 Å². The molecule has 0 unspecified atom stereocenters. The molecular formula is C16H24N2O2. The van der Waals surface area contributed by atoms with Crippen molar-refractivity contribution < 1.29 is 9.90 Å². The third kappa shape index (κ3) is 3.11. The lowest BCUT2D eigenvalue weighted by molar-refractivity contribution is 0.0697. The van der Waals surface area contributed by atoms with Crippen LogP contribution < -0.4 is 4.90 Å². The summed E-state index contributed by atoms with van der Waals surface area (Å²) in [5.41, 5.74) is 1.96. The Balaban J connectivity index is 2.18. The molecule has 20 heavy (non-hydrogen) atoms. The molecule has 0 aliphatic heterocycles. The summed E-state index contributed by atoms with van der Waals surface area (Å²) in [5.74, 6) is -0.0561. The van der Waals surface area contributed by atoms with Crippen LogP contribution in [0.4, 0.5) is 5.69 Å². The summed E-state index contributed by atoms with van der Waals surface area (Å²) in [6.45, 7) is 4.15. The second kappa shape index (κ2) is 6.25. The Morgan fingerprint density at radius 3 is 2.60 bits per heavy atom. The maximum absolute atomic E-state index is 11.4. The Bertz CT molecular complexity index is 479. The minimum atomic E-state index is -0.901. The molecule has 1 fully saturated rings. The van der Waals surface area contributed by atoms with E-state index in [9.17, 15) is 9.90 Å². The van der Waals surface area contributed by atoms with Gasteiger partial charge >= 0.3 is 5.97 Å². The van der Waals surface area contributed by atoms with Gasteiger partial charge in [0.2, 0.25) is 0 Å². The van der Waals surface area contributed by atoms with Crippen LogP contribution in [-0.4, -0.2) is 29.1 Å². The number of aromatic carboxylic acids is 1. The van der Waals surface area contributed by atoms with Gasteiger partial charge in [-0.1, -0.05) is 13.3 Å². The highest BCUT2D eigenvalue weighted by atomic mass is 16.4. The fourth-order valence-electron chi connectivity index (χ4n) is 3.14. The van der Waals surface area contributed by atoms with E-state index in [1.165, 1.54) is 25.5 Å². The Morgan fingerprint density at radius 1 is 1.40 bits per heavy atom. The number of anilines is 1. The minimum absolute atomic E-state index is 0.302. The zero-order valence-electron chi connectivity index (χ0n) is 12.6. The average molecular weight is 276 g/mol. The topological polar surface area (TPSA) is 53.4 Å². The molecule has 4 nitrogen and oxygen atoms in total. The minimum Gasteiger partial charge on any atom is -0.478 e. The second-order valence-electron chi connectivity index (χ2n) is 5.84. The lowest BCUT2D eigenvalue weighted by Gasteiger charge is -2.36. The van der Waals surface area contributed by atoms with Gasteiger partial charge < -0.3 is 10.0 Å². The van der Waals surface area contributed by atoms with Gasteiger partial charge in [0.25, 0.3) is 0 Å². The fraction of sp³-hybridized carbons (Fsp3) is 0.625. The highest BCUT2D eigenvalue weighted by molar-refractivity contribution is 5.94. The smallest absolute Gasteiger partial charge is 0.339 e. The van der Waals surface area contributed by atoms with E-state index in [0.717, 1.165) is 30.1 Å². The lowest BCUT2D eigenvalue weighted by Crippen LogP contribution is -2.36. The number of aryl methyl sites for hydroxylation is 1. The van der Waals surface area contributed by atoms with E-state index in [1.807, 2.05) is 20.0 Å². The zero-order chi connectivity index (χ0) is 14.7. The van der Waals surface area contributed by atoms with E-state index in [-0.39, 0.29) is 0 Å². The van der Waals surface area contributed by atoms with Gasteiger partial charge in [-0.2, -0.15) is 0 Å². The zero-order valence-corrected chi connectivity index (χ0v) is 12.6. The molecule has 110 valence electrons. The number of carboxylic acids is 1. The molecule has 1 N–H and O–H groups in total. The maximum atomic E-state index is 11.4. The third-order valence-corrected chi connectivity index (χ3v) is 4.57. The molecule has 1 heterocycles. The molecule has 0 aromatic carbocycles. The summed E-state index contributed by atoms with van der Waals surface area (Å²) >= 11 is 0. The number of nitrogens with zero attached hydrogens (tertiary/aromatic N) is 2. The second-order valence-corrected chi connectivity index (χ2v) is 5.84. The SMILES string of the molecule is CCC1CCC(N(C)c2cc(C)ncc2C(=O)O)CC1. The first-order chi connectivity index (χ1) is 9.52. The highest BCUT2D eigenvalue weighted by Crippen LogP contribution is 2.32. The van der Waals surface area contributed by atoms with Crippen molar-refractivity contribution in [3.8, 4) is 0 Å². The summed E-state index contributed by atoms with van der Waals surface area (Å²) in [7, 11) is 2.01. The van der Waals surface area contributed by atoms with Crippen LogP contribution in [-0.2, 0) is 0 Å². The number of hydrogen-bond acceptors (Lipinski definition) is 3. The van der Waals surface area contributed by atoms with E-state index in [2.05, 4.69) is 16.8 Å². The van der Waals surface area contributed by atoms with Crippen LogP contribution in [0.15, 0.2) is 12.3 Å². The summed E-state index contributed by atoms with van der Waals surface area (Å²) in [6.07, 6.45) is 7.52. The van der Waals surface area contributed by atoms with Crippen molar-refractivity contribution in [1.29, 1.82) is 0 Å². The van der Waals surface area contributed by atoms with Gasteiger partial charge in [0.1, 0.15) is 5.56 Å². The fourth-order valence-corrected chi connectivity index (χ4v) is 3.14. The highest BCUT2D eigenvalue weighted by Gasteiger charge is 2.25. The van der Waals surface area contributed by atoms with E-state index in [4.69, 9.17) is 0 Å². The molecule has 0 saturated heterocycles. The molecular weight excluding hydrogens is 252 g/mol. The third-order valence-electron chi connectivity index (χ3n) is 4.57. The normalized spacial score (nSPS) is 22.6. The molecule has 1 aromatic heterocycles. The Kier molecular flexibility index (Phi) is 4.63. The van der Waals surface area contributed by atoms with Crippen LogP contribution in [0.1, 0.15) is 55.1 Å². The Labute approximate surface area is 120 Å². The standard InChI is InChI=1S/C16H24N2O2/c1-4-12-5-7-13(8-6-12)18(3)15-9-11(2)17-10-14(15)16(19)20/h9-10,12-13H,4-8H2,1-3H3,(H,19,20). The molecule has 0 radical (unpaired) electrons. The van der Waals surface area contributed by atoms with Gasteiger partial charge in [0.15, 0.2) is 0 Å². The van der Waals surface area contributed by atoms with E-state index in [0.29, 0.717) is 11.6 Å². The summed E-state index contributed by atoms with van der Waals surface area (Å²) in [5, 5.41) is 9.32. The van der Waals surface area contributed by atoms with Crippen molar-refractivity contribution in [2.75, 3.05) is 11.9 Å². The van der Waals surface area contributed by atoms with Crippen molar-refractivity contribution in [2.24, 2.45) is 5.92 Å². The van der Waals surface area contributed by atoms with Crippen molar-refractivity contribution in [1.82, 2.24) is 4.98 Å². The number of carboxylic acid groups (broad SMARTS) is 1. The molecule has 0 amide bonds. The molecule has 1 aromatic rings. The molecule has 2 rings (SSSR count). The van der Waals surface area contributed by atoms with Crippen LogP contribution >= 0.6 is 0 Å². The first kappa shape index (κ1) is 14.8. The van der Waals surface area contributed by atoms with Crippen LogP contribution in [0.3, 0.4) is 0 Å². The summed E-state index contributed by atoms with van der Waals surface area (Å²) in [6, 6.07) is 2.33. The van der Waals surface area contributed by atoms with Gasteiger partial charge in [0, 0.05) is 25.0 Å². The summed E-state index contributed by atoms with van der Waals surface area (Å²) < 4.78 is 0. The molecule has 0 bridgehead atoms. The number of hydrogen-bond donors (Lipinski definition) is 1. The molecule has 4 heteroatoms. The van der Waals surface area contributed by atoms with Gasteiger partial charge in [-0.3, -0.25) is 4.98 Å². The molecule has 0 spiro atoms. The van der Waals surface area contributed by atoms with Crippen molar-refractivity contribution in [3.63, 3.8) is 0 Å². The first-order valence-corrected chi connectivity index (χ1v) is 7.45. The predicted octanol–water partition coefficient (Wildman–Crippen LogP) is 3.49. The van der Waals surface area contributed by atoms with Gasteiger partial charge in [-0.25, -0.2) is 4.79 Å². The quantitative estimate of drug-likeness (QED) is 0.914. The molecule has 1 saturated carbocycles. The van der Waals surface area contributed by atoms with Crippen LogP contribution in [0.2, 0.25) is 0 Å². The van der Waals surface area contributed by atoms with Crippen molar-refractivity contribution in [3.05, 3.63) is 23.5 Å². The molecule has 0 atom stereocenters. The average Bonchev–Trinajstić information content (AvgIpc) is 2.46. The Morgan fingerprint density at radius 2 is 2.05 bits per heavy atom. The van der Waals surface area contributed by atoms with E-state index in [1.54, 1.807) is 0 Å². The predicted molar refractivity (Wildman–Crippen MR) is 80.4 cm³/mol. The maximum Gasteiger partial charge on any atom is 0.339 e. The number of pyridine rings is 1. The van der Waals surface area contributed by atoms with Crippen LogP contribution in [0.25, 0.3) is 0 Å². The molecule has 1 aliphatic rings. The van der Waals surface area contributed by atoms with Gasteiger partial charge in [-0.15, -0.1) is 0 Å². The number of rotatable bonds is 4. The van der Waals surface area contributed by atoms with Crippen LogP contribution in [0, 0.1) is 12.8 Å². The van der Waals surface area contributed by atoms with Crippen molar-refractivity contribution >= 4 is 11.7 Å². The number of aromatic nitrogens is 1. The monoisotopic (exact) mass is 276 g/mol.